The van der Waals surface area contributed by atoms with Crippen molar-refractivity contribution in [3.63, 3.8) is 0 Å². The summed E-state index contributed by atoms with van der Waals surface area (Å²) in [5, 5.41) is 21.6. The van der Waals surface area contributed by atoms with Crippen molar-refractivity contribution in [2.75, 3.05) is 13.1 Å². The number of hydrogen-bond donors (Lipinski definition) is 3. The molecule has 2 unspecified atom stereocenters. The van der Waals surface area contributed by atoms with Gasteiger partial charge in [0.25, 0.3) is 0 Å². The van der Waals surface area contributed by atoms with Crippen LogP contribution in [0.4, 0.5) is 0 Å². The number of hydrogen-bond acceptors (Lipinski definition) is 4. The van der Waals surface area contributed by atoms with Crippen LogP contribution in [0.1, 0.15) is 125 Å². The number of aliphatic hydroxyl groups excluding tert-OH is 1. The number of nitrogens with zero attached hydrogens (tertiary/aromatic N) is 1. The molecule has 0 saturated carbocycles. The second-order valence-electron chi connectivity index (χ2n) is 8.93. The molecule has 0 rings (SSSR count). The van der Waals surface area contributed by atoms with Crippen LogP contribution in [0.2, 0.25) is 0 Å². The molecule has 0 saturated heterocycles. The fraction of sp³-hybridized carbons (Fsp3) is 0.920. The summed E-state index contributed by atoms with van der Waals surface area (Å²) in [6.07, 6.45) is 19.2. The number of aliphatic hydroxyl groups is 1. The molecule has 186 valence electrons. The van der Waals surface area contributed by atoms with Gasteiger partial charge in [-0.3, -0.25) is 14.5 Å². The van der Waals surface area contributed by atoms with Gasteiger partial charge in [0.1, 0.15) is 12.3 Å². The molecule has 3 N–H and O–H groups in total. The van der Waals surface area contributed by atoms with E-state index in [0.717, 1.165) is 12.8 Å². The minimum atomic E-state index is -0.981. The van der Waals surface area contributed by atoms with E-state index in [2.05, 4.69) is 12.2 Å². The average molecular weight is 467 g/mol. The normalized spacial score (nSPS) is 12.9. The largest absolute Gasteiger partial charge is 1.00 e. The number of rotatable bonds is 22. The van der Waals surface area contributed by atoms with E-state index in [1.807, 2.05) is 0 Å². The molecule has 0 fully saturated rings. The van der Waals surface area contributed by atoms with Crippen LogP contribution in [0.5, 0.6) is 0 Å². The Morgan fingerprint density at radius 2 is 1.22 bits per heavy atom. The molecule has 0 aromatic rings. The first-order valence-electron chi connectivity index (χ1n) is 12.8. The van der Waals surface area contributed by atoms with Gasteiger partial charge in [-0.1, -0.05) is 96.8 Å². The second-order valence-corrected chi connectivity index (χ2v) is 8.93. The number of carboxylic acids is 1. The topological polar surface area (TPSA) is 89.9 Å². The molecular weight excluding hydrogens is 415 g/mol. The van der Waals surface area contributed by atoms with Crippen LogP contribution in [0.25, 0.3) is 0 Å². The first-order chi connectivity index (χ1) is 14.9. The number of carbonyl (C=O) groups excluding carboxylic acids is 1. The maximum absolute atomic E-state index is 11.9. The van der Waals surface area contributed by atoms with E-state index in [-0.39, 0.29) is 36.9 Å². The van der Waals surface area contributed by atoms with Gasteiger partial charge >= 0.3 is 35.5 Å². The van der Waals surface area contributed by atoms with Crippen molar-refractivity contribution in [1.29, 1.82) is 0 Å². The van der Waals surface area contributed by atoms with Gasteiger partial charge in [-0.05, 0) is 20.3 Å². The SMILES string of the molecule is CCCCCCCCCCCCCCCCCC(=O)NCCN(C(C)O)C(C)C(=O)O.[H-].[Na+]. The van der Waals surface area contributed by atoms with E-state index in [1.54, 1.807) is 0 Å². The number of amides is 1. The van der Waals surface area contributed by atoms with Gasteiger partial charge in [0.05, 0.1) is 0 Å². The van der Waals surface area contributed by atoms with Crippen LogP contribution >= 0.6 is 0 Å². The number of nitrogens with one attached hydrogen (secondary N) is 1. The van der Waals surface area contributed by atoms with Crippen molar-refractivity contribution >= 4 is 11.9 Å². The monoisotopic (exact) mass is 466 g/mol. The van der Waals surface area contributed by atoms with Gasteiger partial charge < -0.3 is 17.0 Å². The molecule has 0 spiro atoms. The summed E-state index contributed by atoms with van der Waals surface area (Å²) in [7, 11) is 0. The Labute approximate surface area is 221 Å². The van der Waals surface area contributed by atoms with Crippen LogP contribution in [0.3, 0.4) is 0 Å². The molecule has 0 aromatic carbocycles. The van der Waals surface area contributed by atoms with E-state index in [9.17, 15) is 14.7 Å². The van der Waals surface area contributed by atoms with Gasteiger partial charge in [0.2, 0.25) is 5.91 Å². The Balaban J connectivity index is -0.00000450. The predicted molar refractivity (Wildman–Crippen MR) is 129 cm³/mol. The first-order valence-corrected chi connectivity index (χ1v) is 12.8. The number of unbranched alkanes of at least 4 members (excludes halogenated alkanes) is 14. The molecule has 1 amide bonds. The Morgan fingerprint density at radius 3 is 1.59 bits per heavy atom. The molecule has 32 heavy (non-hydrogen) atoms. The quantitative estimate of drug-likeness (QED) is 0.130. The van der Waals surface area contributed by atoms with E-state index in [0.29, 0.717) is 19.5 Å². The Morgan fingerprint density at radius 1 is 0.812 bits per heavy atom. The molecule has 0 aliphatic heterocycles. The minimum absolute atomic E-state index is 0. The van der Waals surface area contributed by atoms with Crippen molar-refractivity contribution in [3.8, 4) is 0 Å². The van der Waals surface area contributed by atoms with Crippen LogP contribution in [0, 0.1) is 0 Å². The Bertz CT molecular complexity index is 456. The summed E-state index contributed by atoms with van der Waals surface area (Å²) in [6, 6.07) is -0.785. The molecular formula is C25H51N2NaO4. The third-order valence-electron chi connectivity index (χ3n) is 6.03. The fourth-order valence-electron chi connectivity index (χ4n) is 3.92. The van der Waals surface area contributed by atoms with Crippen LogP contribution < -0.4 is 34.9 Å². The molecule has 0 bridgehead atoms. The molecule has 7 heteroatoms. The summed E-state index contributed by atoms with van der Waals surface area (Å²) in [6.45, 7) is 6.00. The Kier molecular flexibility index (Phi) is 25.5. The smallest absolute Gasteiger partial charge is 1.00 e. The maximum atomic E-state index is 11.9. The summed E-state index contributed by atoms with van der Waals surface area (Å²) >= 11 is 0. The zero-order valence-electron chi connectivity index (χ0n) is 22.5. The van der Waals surface area contributed by atoms with E-state index in [4.69, 9.17) is 5.11 Å². The number of aliphatic carboxylic acids is 1. The van der Waals surface area contributed by atoms with Gasteiger partial charge in [0.15, 0.2) is 0 Å². The molecule has 0 radical (unpaired) electrons. The Hall–Kier alpha value is -0.140. The number of carbonyl (C=O) groups is 2. The summed E-state index contributed by atoms with van der Waals surface area (Å²) in [5.41, 5.74) is 0. The van der Waals surface area contributed by atoms with Crippen molar-refractivity contribution < 1.29 is 50.8 Å². The third-order valence-corrected chi connectivity index (χ3v) is 6.03. The van der Waals surface area contributed by atoms with Crippen LogP contribution in [-0.4, -0.2) is 52.3 Å². The van der Waals surface area contributed by atoms with Crippen molar-refractivity contribution in [3.05, 3.63) is 0 Å². The summed E-state index contributed by atoms with van der Waals surface area (Å²) in [5.74, 6) is -0.978. The van der Waals surface area contributed by atoms with Crippen molar-refractivity contribution in [2.45, 2.75) is 136 Å². The van der Waals surface area contributed by atoms with E-state index in [1.165, 1.54) is 102 Å². The van der Waals surface area contributed by atoms with Gasteiger partial charge in [-0.15, -0.1) is 0 Å². The van der Waals surface area contributed by atoms with Crippen molar-refractivity contribution in [1.82, 2.24) is 10.2 Å². The zero-order valence-corrected chi connectivity index (χ0v) is 23.5. The average Bonchev–Trinajstić information content (AvgIpc) is 2.73. The molecule has 6 nitrogen and oxygen atoms in total. The van der Waals surface area contributed by atoms with E-state index < -0.39 is 18.2 Å². The molecule has 0 aromatic heterocycles. The first kappa shape index (κ1) is 34.0. The molecule has 0 aliphatic rings. The zero-order chi connectivity index (χ0) is 23.3. The minimum Gasteiger partial charge on any atom is -1.00 e. The molecule has 2 atom stereocenters. The molecule has 0 heterocycles. The maximum Gasteiger partial charge on any atom is 1.00 e. The van der Waals surface area contributed by atoms with Gasteiger partial charge in [-0.25, -0.2) is 0 Å². The molecule has 0 aliphatic carbocycles. The summed E-state index contributed by atoms with van der Waals surface area (Å²) in [4.78, 5) is 24.4. The second kappa shape index (κ2) is 24.0. The standard InChI is InChI=1S/C25H50N2O4.Na.H/c1-4-5-6-7-8-9-10-11-12-13-14-15-16-17-18-19-24(29)26-20-21-27(23(3)28)22(2)25(30)31;;/h22-23,28H,4-21H2,1-3H3,(H,26,29)(H,30,31);;/q;+1;-1. The van der Waals surface area contributed by atoms with E-state index >= 15 is 0 Å². The van der Waals surface area contributed by atoms with Crippen LogP contribution in [-0.2, 0) is 9.59 Å². The number of carboxylic acid groups (broad SMARTS) is 1. The third kappa shape index (κ3) is 20.5. The van der Waals surface area contributed by atoms with Gasteiger partial charge in [0, 0.05) is 19.5 Å². The summed E-state index contributed by atoms with van der Waals surface area (Å²) < 4.78 is 0. The fourth-order valence-corrected chi connectivity index (χ4v) is 3.92. The van der Waals surface area contributed by atoms with Gasteiger partial charge in [-0.2, -0.15) is 0 Å². The van der Waals surface area contributed by atoms with Crippen LogP contribution in [0.15, 0.2) is 0 Å². The predicted octanol–water partition coefficient (Wildman–Crippen LogP) is 2.59. The van der Waals surface area contributed by atoms with Crippen molar-refractivity contribution in [2.24, 2.45) is 0 Å².